The number of carbonyl (C=O) groups excluding carboxylic acids is 2. The summed E-state index contributed by atoms with van der Waals surface area (Å²) in [7, 11) is 0. The van der Waals surface area contributed by atoms with Crippen molar-refractivity contribution in [2.75, 3.05) is 38.1 Å². The van der Waals surface area contributed by atoms with Crippen molar-refractivity contribution in [3.05, 3.63) is 48.4 Å². The van der Waals surface area contributed by atoms with Crippen molar-refractivity contribution >= 4 is 17.5 Å². The molecule has 2 atom stereocenters. The average Bonchev–Trinajstić information content (AvgIpc) is 3.36. The van der Waals surface area contributed by atoms with Crippen molar-refractivity contribution in [2.24, 2.45) is 11.8 Å². The average molecular weight is 355 g/mol. The SMILES string of the molecule is O=C(Nc1cccc(OCC(=O)N2C[C@H]3CNC[C@H]3C2)c1)c1ccco1. The van der Waals surface area contributed by atoms with E-state index in [2.05, 4.69) is 10.6 Å². The summed E-state index contributed by atoms with van der Waals surface area (Å²) in [5, 5.41) is 6.10. The van der Waals surface area contributed by atoms with Gasteiger partial charge in [-0.25, -0.2) is 0 Å². The highest BCUT2D eigenvalue weighted by atomic mass is 16.5. The van der Waals surface area contributed by atoms with Crippen molar-refractivity contribution in [3.63, 3.8) is 0 Å². The standard InChI is InChI=1S/C19H21N3O4/c23-18(22-10-13-8-20-9-14(13)11-22)12-26-16-4-1-3-15(7-16)21-19(24)17-5-2-6-25-17/h1-7,13-14,20H,8-12H2,(H,21,24)/t13-,14+. The van der Waals surface area contributed by atoms with Crippen LogP contribution < -0.4 is 15.4 Å². The molecule has 0 saturated carbocycles. The van der Waals surface area contributed by atoms with Crippen LogP contribution in [0.4, 0.5) is 5.69 Å². The largest absolute Gasteiger partial charge is 0.484 e. The fourth-order valence-corrected chi connectivity index (χ4v) is 3.56. The van der Waals surface area contributed by atoms with Crippen molar-refractivity contribution in [1.29, 1.82) is 0 Å². The molecule has 0 radical (unpaired) electrons. The zero-order valence-electron chi connectivity index (χ0n) is 14.3. The highest BCUT2D eigenvalue weighted by Crippen LogP contribution is 2.26. The van der Waals surface area contributed by atoms with E-state index in [0.29, 0.717) is 23.3 Å². The molecule has 0 bridgehead atoms. The van der Waals surface area contributed by atoms with Gasteiger partial charge in [0.15, 0.2) is 12.4 Å². The Balaban J connectivity index is 1.31. The van der Waals surface area contributed by atoms with Gasteiger partial charge in [-0.2, -0.15) is 0 Å². The van der Waals surface area contributed by atoms with Crippen LogP contribution in [0.25, 0.3) is 0 Å². The maximum absolute atomic E-state index is 12.4. The summed E-state index contributed by atoms with van der Waals surface area (Å²) < 4.78 is 10.7. The minimum Gasteiger partial charge on any atom is -0.484 e. The Hall–Kier alpha value is -2.80. The van der Waals surface area contributed by atoms with Gasteiger partial charge in [-0.05, 0) is 36.1 Å². The Labute approximate surface area is 151 Å². The second-order valence-electron chi connectivity index (χ2n) is 6.73. The van der Waals surface area contributed by atoms with Gasteiger partial charge in [-0.15, -0.1) is 0 Å². The minimum absolute atomic E-state index is 0.00243. The number of benzene rings is 1. The molecule has 136 valence electrons. The lowest BCUT2D eigenvalue weighted by Gasteiger charge is -2.18. The van der Waals surface area contributed by atoms with E-state index in [1.54, 1.807) is 36.4 Å². The van der Waals surface area contributed by atoms with Gasteiger partial charge in [0, 0.05) is 37.9 Å². The number of rotatable bonds is 5. The summed E-state index contributed by atoms with van der Waals surface area (Å²) in [6.07, 6.45) is 1.45. The smallest absolute Gasteiger partial charge is 0.291 e. The quantitative estimate of drug-likeness (QED) is 0.851. The molecule has 2 aliphatic rings. The second kappa shape index (κ2) is 7.21. The fourth-order valence-electron chi connectivity index (χ4n) is 3.56. The number of hydrogen-bond acceptors (Lipinski definition) is 5. The summed E-state index contributed by atoms with van der Waals surface area (Å²) in [6.45, 7) is 3.60. The van der Waals surface area contributed by atoms with Crippen molar-refractivity contribution < 1.29 is 18.7 Å². The van der Waals surface area contributed by atoms with E-state index in [1.165, 1.54) is 6.26 Å². The van der Waals surface area contributed by atoms with Crippen LogP contribution in [0.2, 0.25) is 0 Å². The fraction of sp³-hybridized carbons (Fsp3) is 0.368. The molecule has 0 unspecified atom stereocenters. The predicted molar refractivity (Wildman–Crippen MR) is 95.0 cm³/mol. The van der Waals surface area contributed by atoms with Crippen molar-refractivity contribution in [2.45, 2.75) is 0 Å². The summed E-state index contributed by atoms with van der Waals surface area (Å²) in [5.74, 6) is 1.58. The van der Waals surface area contributed by atoms with Crippen LogP contribution in [0.5, 0.6) is 5.75 Å². The molecule has 2 N–H and O–H groups in total. The molecule has 2 aliphatic heterocycles. The van der Waals surface area contributed by atoms with Gasteiger partial charge >= 0.3 is 0 Å². The molecular weight excluding hydrogens is 334 g/mol. The van der Waals surface area contributed by atoms with Crippen LogP contribution in [0.1, 0.15) is 10.6 Å². The van der Waals surface area contributed by atoms with Crippen LogP contribution in [-0.4, -0.2) is 49.5 Å². The molecule has 1 aromatic carbocycles. The number of anilines is 1. The number of nitrogens with one attached hydrogen (secondary N) is 2. The third kappa shape index (κ3) is 3.57. The van der Waals surface area contributed by atoms with Crippen LogP contribution in [0.3, 0.4) is 0 Å². The maximum atomic E-state index is 12.4. The number of hydrogen-bond donors (Lipinski definition) is 2. The molecule has 2 saturated heterocycles. The van der Waals surface area contributed by atoms with Gasteiger partial charge in [0.2, 0.25) is 0 Å². The Bertz CT molecular complexity index is 778. The van der Waals surface area contributed by atoms with E-state index >= 15 is 0 Å². The second-order valence-corrected chi connectivity index (χ2v) is 6.73. The zero-order chi connectivity index (χ0) is 17.9. The van der Waals surface area contributed by atoms with Crippen molar-refractivity contribution in [1.82, 2.24) is 10.2 Å². The topological polar surface area (TPSA) is 83.8 Å². The van der Waals surface area contributed by atoms with E-state index in [9.17, 15) is 9.59 Å². The summed E-state index contributed by atoms with van der Waals surface area (Å²) in [5.41, 5.74) is 0.582. The van der Waals surface area contributed by atoms with E-state index < -0.39 is 0 Å². The number of ether oxygens (including phenoxy) is 1. The van der Waals surface area contributed by atoms with Gasteiger partial charge < -0.3 is 24.7 Å². The number of nitrogens with zero attached hydrogens (tertiary/aromatic N) is 1. The molecule has 2 fully saturated rings. The first-order valence-corrected chi connectivity index (χ1v) is 8.75. The number of carbonyl (C=O) groups is 2. The first-order valence-electron chi connectivity index (χ1n) is 8.75. The first-order chi connectivity index (χ1) is 12.7. The lowest BCUT2D eigenvalue weighted by molar-refractivity contribution is -0.132. The number of fused-ring (bicyclic) bond motifs is 1. The molecule has 0 spiro atoms. The highest BCUT2D eigenvalue weighted by Gasteiger charge is 2.37. The number of amides is 2. The molecule has 2 amide bonds. The van der Waals surface area contributed by atoms with Crippen molar-refractivity contribution in [3.8, 4) is 5.75 Å². The van der Waals surface area contributed by atoms with Crippen LogP contribution in [0, 0.1) is 11.8 Å². The monoisotopic (exact) mass is 355 g/mol. The first kappa shape index (κ1) is 16.7. The molecule has 3 heterocycles. The number of furan rings is 1. The molecule has 0 aliphatic carbocycles. The number of likely N-dealkylation sites (tertiary alicyclic amines) is 1. The van der Waals surface area contributed by atoms with Gasteiger partial charge in [0.1, 0.15) is 5.75 Å². The molecule has 7 heteroatoms. The Morgan fingerprint density at radius 3 is 2.73 bits per heavy atom. The molecule has 2 aromatic rings. The minimum atomic E-state index is -0.333. The Morgan fingerprint density at radius 1 is 1.19 bits per heavy atom. The van der Waals surface area contributed by atoms with Crippen LogP contribution in [-0.2, 0) is 4.79 Å². The van der Waals surface area contributed by atoms with Crippen LogP contribution in [0.15, 0.2) is 47.1 Å². The van der Waals surface area contributed by atoms with E-state index in [-0.39, 0.29) is 24.2 Å². The lowest BCUT2D eigenvalue weighted by Crippen LogP contribution is -2.35. The van der Waals surface area contributed by atoms with Gasteiger partial charge in [-0.1, -0.05) is 6.07 Å². The molecule has 1 aromatic heterocycles. The molecular formula is C19H21N3O4. The summed E-state index contributed by atoms with van der Waals surface area (Å²) in [6, 6.07) is 10.2. The normalized spacial score (nSPS) is 21.5. The van der Waals surface area contributed by atoms with E-state index in [1.807, 2.05) is 4.90 Å². The van der Waals surface area contributed by atoms with Gasteiger partial charge in [-0.3, -0.25) is 9.59 Å². The third-order valence-electron chi connectivity index (χ3n) is 4.94. The lowest BCUT2D eigenvalue weighted by atomic mass is 10.0. The van der Waals surface area contributed by atoms with E-state index in [4.69, 9.17) is 9.15 Å². The highest BCUT2D eigenvalue weighted by molar-refractivity contribution is 6.02. The van der Waals surface area contributed by atoms with Gasteiger partial charge in [0.25, 0.3) is 11.8 Å². The Morgan fingerprint density at radius 2 is 2.00 bits per heavy atom. The maximum Gasteiger partial charge on any atom is 0.291 e. The van der Waals surface area contributed by atoms with Gasteiger partial charge in [0.05, 0.1) is 6.26 Å². The molecule has 26 heavy (non-hydrogen) atoms. The summed E-state index contributed by atoms with van der Waals surface area (Å²) >= 11 is 0. The molecule has 4 rings (SSSR count). The Kier molecular flexibility index (Phi) is 4.62. The van der Waals surface area contributed by atoms with E-state index in [0.717, 1.165) is 26.2 Å². The summed E-state index contributed by atoms with van der Waals surface area (Å²) in [4.78, 5) is 26.3. The predicted octanol–water partition coefficient (Wildman–Crippen LogP) is 1.59. The molecule has 7 nitrogen and oxygen atoms in total. The third-order valence-corrected chi connectivity index (χ3v) is 4.94. The van der Waals surface area contributed by atoms with Crippen LogP contribution >= 0.6 is 0 Å². The zero-order valence-corrected chi connectivity index (χ0v) is 14.3.